The highest BCUT2D eigenvalue weighted by Gasteiger charge is 2.21. The summed E-state index contributed by atoms with van der Waals surface area (Å²) in [4.78, 5) is 27.2. The Labute approximate surface area is 201 Å². The highest BCUT2D eigenvalue weighted by atomic mass is 19.1. The number of hydrogen-bond acceptors (Lipinski definition) is 6. The predicted octanol–water partition coefficient (Wildman–Crippen LogP) is 4.16. The molecule has 1 unspecified atom stereocenters. The normalized spacial score (nSPS) is 11.5. The zero-order chi connectivity index (χ0) is 26.3. The molecule has 186 valence electrons. The van der Waals surface area contributed by atoms with Gasteiger partial charge in [-0.2, -0.15) is 0 Å². The fourth-order valence-corrected chi connectivity index (χ4v) is 2.91. The van der Waals surface area contributed by atoms with Crippen LogP contribution >= 0.6 is 0 Å². The lowest BCUT2D eigenvalue weighted by molar-refractivity contribution is -0.124. The third kappa shape index (κ3) is 7.11. The van der Waals surface area contributed by atoms with Crippen LogP contribution in [-0.2, 0) is 4.79 Å². The number of halogens is 3. The number of hydrogen-bond donors (Lipinski definition) is 4. The summed E-state index contributed by atoms with van der Waals surface area (Å²) in [5.74, 6) is -3.74. The van der Waals surface area contributed by atoms with Crippen LogP contribution in [0.2, 0.25) is 0 Å². The van der Waals surface area contributed by atoms with Crippen molar-refractivity contribution in [1.29, 1.82) is 0 Å². The highest BCUT2D eigenvalue weighted by Crippen LogP contribution is 2.30. The van der Waals surface area contributed by atoms with Crippen LogP contribution in [0.4, 0.5) is 24.7 Å². The molecule has 1 aromatic heterocycles. The highest BCUT2D eigenvalue weighted by molar-refractivity contribution is 5.95. The van der Waals surface area contributed by atoms with Crippen molar-refractivity contribution in [2.75, 3.05) is 18.1 Å². The van der Waals surface area contributed by atoms with Crippen LogP contribution in [0.25, 0.3) is 11.1 Å². The number of nitrogens with one attached hydrogen (secondary N) is 2. The van der Waals surface area contributed by atoms with E-state index in [1.165, 1.54) is 31.3 Å². The molecule has 0 spiro atoms. The van der Waals surface area contributed by atoms with E-state index >= 15 is 0 Å². The van der Waals surface area contributed by atoms with Crippen molar-refractivity contribution in [3.8, 4) is 11.1 Å². The first-order valence-electron chi connectivity index (χ1n) is 10.6. The van der Waals surface area contributed by atoms with Gasteiger partial charge in [0.05, 0.1) is 11.3 Å². The van der Waals surface area contributed by atoms with Crippen molar-refractivity contribution < 1.29 is 27.9 Å². The van der Waals surface area contributed by atoms with Gasteiger partial charge in [0.1, 0.15) is 23.3 Å². The average molecular weight is 489 g/mol. The minimum absolute atomic E-state index is 0.0403. The number of aromatic nitrogens is 1. The zero-order valence-corrected chi connectivity index (χ0v) is 19.7. The lowest BCUT2D eigenvalue weighted by atomic mass is 9.99. The van der Waals surface area contributed by atoms with Crippen LogP contribution < -0.4 is 16.4 Å². The number of benzene rings is 2. The summed E-state index contributed by atoms with van der Waals surface area (Å²) < 4.78 is 41.4. The molecule has 1 heterocycles. The quantitative estimate of drug-likeness (QED) is 0.387. The van der Waals surface area contributed by atoms with Crippen LogP contribution in [0.5, 0.6) is 0 Å². The van der Waals surface area contributed by atoms with Crippen molar-refractivity contribution in [2.24, 2.45) is 0 Å². The smallest absolute Gasteiger partial charge is 0.257 e. The zero-order valence-electron chi connectivity index (χ0n) is 19.7. The number of anilines is 2. The van der Waals surface area contributed by atoms with Crippen LogP contribution in [0.3, 0.4) is 0 Å². The molecule has 0 aliphatic heterocycles. The largest absolute Gasteiger partial charge is 0.383 e. The third-order valence-electron chi connectivity index (χ3n) is 5.06. The number of nitrogens with two attached hydrogens (primary N) is 1. The molecule has 3 aromatic rings. The Morgan fingerprint density at radius 2 is 1.71 bits per heavy atom. The number of aliphatic hydroxyl groups excluding tert-OH is 1. The van der Waals surface area contributed by atoms with E-state index in [4.69, 9.17) is 5.73 Å². The number of nitrogens with zero attached hydrogens (tertiary/aromatic N) is 1. The van der Waals surface area contributed by atoms with Crippen molar-refractivity contribution in [1.82, 2.24) is 10.3 Å². The lowest BCUT2D eigenvalue weighted by Gasteiger charge is -2.15. The Morgan fingerprint density at radius 3 is 2.26 bits per heavy atom. The van der Waals surface area contributed by atoms with Crippen molar-refractivity contribution in [3.63, 3.8) is 0 Å². The van der Waals surface area contributed by atoms with Crippen molar-refractivity contribution in [3.05, 3.63) is 76.7 Å². The summed E-state index contributed by atoms with van der Waals surface area (Å²) in [6.07, 6.45) is -0.000998. The maximum absolute atomic E-state index is 14.8. The van der Waals surface area contributed by atoms with Gasteiger partial charge in [-0.05, 0) is 54.9 Å². The Bertz CT molecular complexity index is 1200. The Balaban J connectivity index is 0.000000784. The van der Waals surface area contributed by atoms with E-state index in [1.54, 1.807) is 0 Å². The molecule has 0 bridgehead atoms. The van der Waals surface area contributed by atoms with Gasteiger partial charge < -0.3 is 21.5 Å². The van der Waals surface area contributed by atoms with E-state index in [9.17, 15) is 27.9 Å². The summed E-state index contributed by atoms with van der Waals surface area (Å²) >= 11 is 0. The maximum Gasteiger partial charge on any atom is 0.257 e. The summed E-state index contributed by atoms with van der Waals surface area (Å²) in [6, 6.07) is 7.04. The van der Waals surface area contributed by atoms with Gasteiger partial charge in [0.25, 0.3) is 5.91 Å². The van der Waals surface area contributed by atoms with E-state index in [1.807, 2.05) is 7.05 Å². The summed E-state index contributed by atoms with van der Waals surface area (Å²) in [7, 11) is 1.95. The van der Waals surface area contributed by atoms with Crippen molar-refractivity contribution >= 4 is 23.7 Å². The molecule has 0 aliphatic carbocycles. The number of carbonyl (C=O) groups is 2. The molecule has 0 radical (unpaired) electrons. The van der Waals surface area contributed by atoms with E-state index in [0.717, 1.165) is 12.1 Å². The van der Waals surface area contributed by atoms with Crippen LogP contribution in [-0.4, -0.2) is 35.4 Å². The van der Waals surface area contributed by atoms with Gasteiger partial charge in [-0.3, -0.25) is 9.59 Å². The van der Waals surface area contributed by atoms with E-state index in [-0.39, 0.29) is 28.2 Å². The molecule has 7 nitrogen and oxygen atoms in total. The first-order chi connectivity index (χ1) is 16.5. The number of aliphatic hydroxyl groups is 1. The third-order valence-corrected chi connectivity index (χ3v) is 5.06. The van der Waals surface area contributed by atoms with Crippen LogP contribution in [0.1, 0.15) is 41.4 Å². The molecule has 0 saturated carbocycles. The fraction of sp³-hybridized carbons (Fsp3) is 0.240. The van der Waals surface area contributed by atoms with E-state index in [2.05, 4.69) is 29.5 Å². The SMILES string of the molecule is CNC(C)C.Cc1c(-c2cnc(N)c(C=O)c2)ccc(NC(=O)C(O)c2cc(F)cc(F)c2)c1F. The number of carbonyl (C=O) groups excluding carboxylic acids is 2. The Hall–Kier alpha value is -3.76. The fourth-order valence-electron chi connectivity index (χ4n) is 2.91. The molecule has 35 heavy (non-hydrogen) atoms. The molecule has 3 rings (SSSR count). The van der Waals surface area contributed by atoms with Gasteiger partial charge in [-0.1, -0.05) is 19.9 Å². The second kappa shape index (κ2) is 12.1. The topological polar surface area (TPSA) is 117 Å². The van der Waals surface area contributed by atoms with E-state index < -0.39 is 29.5 Å². The number of rotatable bonds is 6. The van der Waals surface area contributed by atoms with Gasteiger partial charge >= 0.3 is 0 Å². The monoisotopic (exact) mass is 488 g/mol. The first kappa shape index (κ1) is 27.5. The number of amides is 1. The second-order valence-electron chi connectivity index (χ2n) is 7.95. The van der Waals surface area contributed by atoms with Crippen LogP contribution in [0.15, 0.2) is 42.6 Å². The summed E-state index contributed by atoms with van der Waals surface area (Å²) in [6.45, 7) is 5.68. The molecule has 5 N–H and O–H groups in total. The molecular weight excluding hydrogens is 461 g/mol. The summed E-state index contributed by atoms with van der Waals surface area (Å²) in [5.41, 5.74) is 6.17. The van der Waals surface area contributed by atoms with Crippen LogP contribution in [0, 0.1) is 24.4 Å². The molecule has 2 aromatic carbocycles. The van der Waals surface area contributed by atoms with E-state index in [0.29, 0.717) is 29.5 Å². The molecule has 0 saturated heterocycles. The van der Waals surface area contributed by atoms with Gasteiger partial charge in [-0.15, -0.1) is 0 Å². The maximum atomic E-state index is 14.8. The van der Waals surface area contributed by atoms with Gasteiger partial charge in [0, 0.05) is 23.9 Å². The molecule has 10 heteroatoms. The first-order valence-corrected chi connectivity index (χ1v) is 10.6. The Morgan fingerprint density at radius 1 is 1.11 bits per heavy atom. The average Bonchev–Trinajstić information content (AvgIpc) is 2.81. The number of nitrogen functional groups attached to an aromatic ring is 1. The summed E-state index contributed by atoms with van der Waals surface area (Å²) in [5, 5.41) is 15.3. The van der Waals surface area contributed by atoms with Crippen molar-refractivity contribution in [2.45, 2.75) is 32.9 Å². The predicted molar refractivity (Wildman–Crippen MR) is 128 cm³/mol. The minimum atomic E-state index is -1.91. The lowest BCUT2D eigenvalue weighted by Crippen LogP contribution is -2.22. The molecule has 1 atom stereocenters. The number of pyridine rings is 1. The molecule has 0 fully saturated rings. The Kier molecular flexibility index (Phi) is 9.50. The minimum Gasteiger partial charge on any atom is -0.383 e. The van der Waals surface area contributed by atoms with Gasteiger partial charge in [0.2, 0.25) is 0 Å². The molecule has 0 aliphatic rings. The molecule has 1 amide bonds. The van der Waals surface area contributed by atoms with Gasteiger partial charge in [-0.25, -0.2) is 18.2 Å². The molecular formula is C25H27F3N4O3. The van der Waals surface area contributed by atoms with Gasteiger partial charge in [0.15, 0.2) is 12.4 Å². The number of aldehydes is 1. The second-order valence-corrected chi connectivity index (χ2v) is 7.95. The standard InChI is InChI=1S/C21H16F3N3O3.C4H11N/c1-10-16(12-4-13(9-28)20(25)26-8-12)2-3-17(18(10)24)27-21(30)19(29)11-5-14(22)7-15(23)6-11;1-4(2)5-3/h2-9,19,29H,1H3,(H2,25,26)(H,27,30);4-5H,1-3H3.